The molecule has 0 radical (unpaired) electrons. The Balaban J connectivity index is 2.34. The summed E-state index contributed by atoms with van der Waals surface area (Å²) in [5.74, 6) is 0.0706. The van der Waals surface area contributed by atoms with E-state index in [1.165, 1.54) is 13.4 Å². The van der Waals surface area contributed by atoms with Crippen molar-refractivity contribution in [3.8, 4) is 0 Å². The van der Waals surface area contributed by atoms with Gasteiger partial charge in [0.05, 0.1) is 19.5 Å². The van der Waals surface area contributed by atoms with Gasteiger partial charge in [-0.25, -0.2) is 9.78 Å². The van der Waals surface area contributed by atoms with E-state index < -0.39 is 5.97 Å². The molecule has 0 saturated heterocycles. The highest BCUT2D eigenvalue weighted by atomic mass is 16.5. The lowest BCUT2D eigenvalue weighted by atomic mass is 10.3. The van der Waals surface area contributed by atoms with Crippen LogP contribution >= 0.6 is 0 Å². The summed E-state index contributed by atoms with van der Waals surface area (Å²) < 4.78 is 6.12. The quantitative estimate of drug-likeness (QED) is 0.681. The molecule has 1 atom stereocenters. The van der Waals surface area contributed by atoms with E-state index >= 15 is 0 Å². The van der Waals surface area contributed by atoms with Crippen LogP contribution in [0.15, 0.2) is 6.33 Å². The minimum Gasteiger partial charge on any atom is -0.464 e. The van der Waals surface area contributed by atoms with E-state index in [9.17, 15) is 4.79 Å². The van der Waals surface area contributed by atoms with Gasteiger partial charge in [0.2, 0.25) is 0 Å². The number of esters is 1. The minimum absolute atomic E-state index is 0.0721. The van der Waals surface area contributed by atoms with Gasteiger partial charge in [0, 0.05) is 0 Å². The van der Waals surface area contributed by atoms with E-state index in [0.717, 1.165) is 0 Å². The molecule has 0 amide bonds. The number of nitrogens with zero attached hydrogens (tertiary/aromatic N) is 5. The molecular formula is C8H11N7O2. The van der Waals surface area contributed by atoms with E-state index in [4.69, 9.17) is 5.73 Å². The fourth-order valence-electron chi connectivity index (χ4n) is 1.40. The van der Waals surface area contributed by atoms with Crippen LogP contribution in [0, 0.1) is 0 Å². The summed E-state index contributed by atoms with van der Waals surface area (Å²) in [5, 5.41) is 13.5. The number of ether oxygens (including phenoxy) is 1. The number of anilines is 1. The molecule has 2 aromatic heterocycles. The summed E-state index contributed by atoms with van der Waals surface area (Å²) in [5.41, 5.74) is 5.87. The normalized spacial score (nSPS) is 12.4. The van der Waals surface area contributed by atoms with Gasteiger partial charge in [-0.3, -0.25) is 0 Å². The standard InChI is InChI=1S/C8H11N7O2/c1-4(7-11-13-14-12-7)15-3-10-5(6(15)9)8(16)17-2/h3-4H,9H2,1-2H3,(H,11,12,13,14). The van der Waals surface area contributed by atoms with Gasteiger partial charge in [-0.1, -0.05) is 5.21 Å². The number of carbonyl (C=O) groups is 1. The molecule has 2 rings (SSSR count). The molecule has 0 aliphatic heterocycles. The van der Waals surface area contributed by atoms with Crippen molar-refractivity contribution in [3.05, 3.63) is 17.8 Å². The highest BCUT2D eigenvalue weighted by molar-refractivity contribution is 5.92. The lowest BCUT2D eigenvalue weighted by molar-refractivity contribution is 0.0596. The average Bonchev–Trinajstić information content (AvgIpc) is 2.96. The Kier molecular flexibility index (Phi) is 2.73. The molecule has 0 aromatic carbocycles. The number of tetrazole rings is 1. The topological polar surface area (TPSA) is 125 Å². The molecule has 2 heterocycles. The Morgan fingerprint density at radius 2 is 2.41 bits per heavy atom. The second-order valence-corrected chi connectivity index (χ2v) is 3.32. The molecular weight excluding hydrogens is 226 g/mol. The molecule has 3 N–H and O–H groups in total. The lowest BCUT2D eigenvalue weighted by Crippen LogP contribution is -2.13. The third-order valence-corrected chi connectivity index (χ3v) is 2.36. The fourth-order valence-corrected chi connectivity index (χ4v) is 1.40. The van der Waals surface area contributed by atoms with Crippen LogP contribution < -0.4 is 5.73 Å². The van der Waals surface area contributed by atoms with Crippen molar-refractivity contribution in [1.82, 2.24) is 30.2 Å². The maximum atomic E-state index is 11.3. The van der Waals surface area contributed by atoms with Crippen molar-refractivity contribution in [3.63, 3.8) is 0 Å². The van der Waals surface area contributed by atoms with E-state index in [1.54, 1.807) is 4.57 Å². The van der Waals surface area contributed by atoms with Crippen LogP contribution in [0.25, 0.3) is 0 Å². The number of methoxy groups -OCH3 is 1. The second-order valence-electron chi connectivity index (χ2n) is 3.32. The number of H-pyrrole nitrogens is 1. The summed E-state index contributed by atoms with van der Waals surface area (Å²) >= 11 is 0. The fraction of sp³-hybridized carbons (Fsp3) is 0.375. The number of nitrogens with one attached hydrogen (secondary N) is 1. The second kappa shape index (κ2) is 4.20. The number of imidazole rings is 1. The third kappa shape index (κ3) is 1.82. The third-order valence-electron chi connectivity index (χ3n) is 2.36. The monoisotopic (exact) mass is 237 g/mol. The molecule has 1 unspecified atom stereocenters. The first-order valence-electron chi connectivity index (χ1n) is 4.79. The summed E-state index contributed by atoms with van der Waals surface area (Å²) in [7, 11) is 1.27. The molecule has 0 bridgehead atoms. The lowest BCUT2D eigenvalue weighted by Gasteiger charge is -2.10. The summed E-state index contributed by atoms with van der Waals surface area (Å²) in [4.78, 5) is 15.2. The number of hydrogen-bond acceptors (Lipinski definition) is 7. The maximum Gasteiger partial charge on any atom is 0.360 e. The van der Waals surface area contributed by atoms with Gasteiger partial charge in [0.15, 0.2) is 11.5 Å². The number of hydrogen-bond donors (Lipinski definition) is 2. The van der Waals surface area contributed by atoms with Gasteiger partial charge >= 0.3 is 5.97 Å². The molecule has 0 aliphatic rings. The molecule has 0 fully saturated rings. The number of aromatic nitrogens is 6. The molecule has 17 heavy (non-hydrogen) atoms. The molecule has 0 spiro atoms. The summed E-state index contributed by atoms with van der Waals surface area (Å²) in [6.07, 6.45) is 1.43. The zero-order chi connectivity index (χ0) is 12.4. The predicted octanol–water partition coefficient (Wildman–Crippen LogP) is -0.626. The van der Waals surface area contributed by atoms with Crippen molar-refractivity contribution in [2.45, 2.75) is 13.0 Å². The van der Waals surface area contributed by atoms with Gasteiger partial charge in [0.25, 0.3) is 0 Å². The van der Waals surface area contributed by atoms with Crippen molar-refractivity contribution < 1.29 is 9.53 Å². The van der Waals surface area contributed by atoms with Crippen LogP contribution in [-0.2, 0) is 4.74 Å². The van der Waals surface area contributed by atoms with Crippen molar-refractivity contribution in [2.24, 2.45) is 0 Å². The van der Waals surface area contributed by atoms with Gasteiger partial charge in [0.1, 0.15) is 5.82 Å². The Hall–Kier alpha value is -2.45. The Morgan fingerprint density at radius 1 is 1.65 bits per heavy atom. The highest BCUT2D eigenvalue weighted by Gasteiger charge is 2.21. The zero-order valence-electron chi connectivity index (χ0n) is 9.28. The van der Waals surface area contributed by atoms with Gasteiger partial charge < -0.3 is 15.0 Å². The Morgan fingerprint density at radius 3 is 3.00 bits per heavy atom. The van der Waals surface area contributed by atoms with Crippen LogP contribution in [0.1, 0.15) is 29.3 Å². The summed E-state index contributed by atoms with van der Waals surface area (Å²) in [6.45, 7) is 1.81. The van der Waals surface area contributed by atoms with Crippen molar-refractivity contribution >= 4 is 11.8 Å². The highest BCUT2D eigenvalue weighted by Crippen LogP contribution is 2.20. The zero-order valence-corrected chi connectivity index (χ0v) is 9.28. The Bertz CT molecular complexity index is 518. The van der Waals surface area contributed by atoms with Gasteiger partial charge in [-0.15, -0.1) is 10.2 Å². The van der Waals surface area contributed by atoms with Crippen molar-refractivity contribution in [2.75, 3.05) is 12.8 Å². The number of aromatic amines is 1. The molecule has 90 valence electrons. The van der Waals surface area contributed by atoms with Crippen LogP contribution in [0.5, 0.6) is 0 Å². The largest absolute Gasteiger partial charge is 0.464 e. The van der Waals surface area contributed by atoms with Gasteiger partial charge in [-0.2, -0.15) is 5.21 Å². The smallest absolute Gasteiger partial charge is 0.360 e. The van der Waals surface area contributed by atoms with Crippen LogP contribution in [0.4, 0.5) is 5.82 Å². The molecule has 9 nitrogen and oxygen atoms in total. The number of nitrogen functional groups attached to an aromatic ring is 1. The van der Waals surface area contributed by atoms with Crippen LogP contribution in [0.2, 0.25) is 0 Å². The number of nitrogens with two attached hydrogens (primary N) is 1. The molecule has 0 aliphatic carbocycles. The molecule has 9 heteroatoms. The number of rotatable bonds is 3. The van der Waals surface area contributed by atoms with Crippen LogP contribution in [0.3, 0.4) is 0 Å². The van der Waals surface area contributed by atoms with E-state index in [0.29, 0.717) is 5.82 Å². The average molecular weight is 237 g/mol. The van der Waals surface area contributed by atoms with E-state index in [1.807, 2.05) is 6.92 Å². The number of carbonyl (C=O) groups excluding carboxylic acids is 1. The van der Waals surface area contributed by atoms with Crippen LogP contribution in [-0.4, -0.2) is 43.3 Å². The first-order valence-corrected chi connectivity index (χ1v) is 4.79. The molecule has 0 saturated carbocycles. The van der Waals surface area contributed by atoms with E-state index in [2.05, 4.69) is 30.3 Å². The molecule has 2 aromatic rings. The van der Waals surface area contributed by atoms with Gasteiger partial charge in [-0.05, 0) is 6.92 Å². The Labute approximate surface area is 96.0 Å². The van der Waals surface area contributed by atoms with Crippen molar-refractivity contribution in [1.29, 1.82) is 0 Å². The maximum absolute atomic E-state index is 11.3. The van der Waals surface area contributed by atoms with E-state index in [-0.39, 0.29) is 17.6 Å². The first kappa shape index (κ1) is 11.0. The first-order chi connectivity index (χ1) is 8.15. The SMILES string of the molecule is COC(=O)c1ncn(C(C)c2nn[nH]n2)c1N. The minimum atomic E-state index is -0.582. The summed E-state index contributed by atoms with van der Waals surface area (Å²) in [6, 6.07) is -0.278. The predicted molar refractivity (Wildman–Crippen MR) is 56.0 cm³/mol.